The van der Waals surface area contributed by atoms with Gasteiger partial charge in [0.2, 0.25) is 0 Å². The van der Waals surface area contributed by atoms with Crippen molar-refractivity contribution in [3.05, 3.63) is 89.8 Å². The number of benzene rings is 2. The zero-order valence-electron chi connectivity index (χ0n) is 21.0. The molecule has 1 aliphatic heterocycles. The average Bonchev–Trinajstić information content (AvgIpc) is 2.83. The second-order valence-electron chi connectivity index (χ2n) is 9.37. The minimum Gasteiger partial charge on any atom is -0.367 e. The number of likely N-dealkylation sites (N-methyl/N-ethyl adjacent to an activating group) is 1. The Morgan fingerprint density at radius 2 is 1.76 bits per heavy atom. The molecule has 3 rings (SSSR count). The molecule has 2 aromatic rings. The van der Waals surface area contributed by atoms with Crippen LogP contribution < -0.4 is 4.90 Å². The molecule has 2 aromatic carbocycles. The van der Waals surface area contributed by atoms with Gasteiger partial charge in [0.25, 0.3) is 0 Å². The SMILES string of the molecule is [B]C(C=C)(CCC)/[N+](C)=C/C=C/Cc1ccc(CN2CCN(c3ccc(C)cc3F)CC2)cc1. The molecule has 34 heavy (non-hydrogen) atoms. The van der Waals surface area contributed by atoms with E-state index in [1.807, 2.05) is 43.0 Å². The van der Waals surface area contributed by atoms with Crippen LogP contribution in [0.5, 0.6) is 0 Å². The lowest BCUT2D eigenvalue weighted by Gasteiger charge is -2.36. The van der Waals surface area contributed by atoms with E-state index in [9.17, 15) is 4.39 Å². The first-order valence-corrected chi connectivity index (χ1v) is 12.3. The smallest absolute Gasteiger partial charge is 0.179 e. The maximum Gasteiger partial charge on any atom is 0.179 e. The Balaban J connectivity index is 1.47. The van der Waals surface area contributed by atoms with E-state index in [4.69, 9.17) is 7.85 Å². The van der Waals surface area contributed by atoms with Crippen molar-refractivity contribution in [2.75, 3.05) is 38.1 Å². The number of piperazine rings is 1. The monoisotopic (exact) mass is 458 g/mol. The molecule has 1 heterocycles. The standard InChI is InChI=1S/C29H38BFN3/c1-5-16-29(30,6-2)32(4)17-8-7-9-25-11-13-26(14-12-25)23-33-18-20-34(21-19-33)28-15-10-24(3)22-27(28)31/h6-8,10-15,17,22H,2,5,9,16,18-21,23H2,1,3-4H3/q+1/b8-7+,32-17+. The van der Waals surface area contributed by atoms with Gasteiger partial charge in [-0.05, 0) is 54.3 Å². The topological polar surface area (TPSA) is 9.49 Å². The van der Waals surface area contributed by atoms with E-state index >= 15 is 0 Å². The van der Waals surface area contributed by atoms with E-state index in [0.29, 0.717) is 0 Å². The van der Waals surface area contributed by atoms with E-state index in [1.54, 1.807) is 6.07 Å². The van der Waals surface area contributed by atoms with E-state index in [0.717, 1.165) is 63.2 Å². The van der Waals surface area contributed by atoms with Gasteiger partial charge in [0.05, 0.1) is 5.69 Å². The minimum absolute atomic E-state index is 0.119. The number of anilines is 1. The van der Waals surface area contributed by atoms with Gasteiger partial charge in [-0.2, -0.15) is 0 Å². The zero-order valence-corrected chi connectivity index (χ0v) is 21.0. The third-order valence-corrected chi connectivity index (χ3v) is 6.71. The van der Waals surface area contributed by atoms with Crippen LogP contribution in [0.25, 0.3) is 0 Å². The fourth-order valence-electron chi connectivity index (χ4n) is 4.41. The van der Waals surface area contributed by atoms with Crippen molar-refractivity contribution in [2.24, 2.45) is 0 Å². The van der Waals surface area contributed by atoms with Gasteiger partial charge < -0.3 is 4.90 Å². The summed E-state index contributed by atoms with van der Waals surface area (Å²) in [4.78, 5) is 4.60. The maximum atomic E-state index is 14.3. The minimum atomic E-state index is -0.499. The molecule has 1 atom stereocenters. The molecule has 1 saturated heterocycles. The molecule has 0 aliphatic carbocycles. The first kappa shape index (κ1) is 26.0. The van der Waals surface area contributed by atoms with Crippen molar-refractivity contribution in [2.45, 2.75) is 45.1 Å². The van der Waals surface area contributed by atoms with Crippen molar-refractivity contribution >= 4 is 19.7 Å². The summed E-state index contributed by atoms with van der Waals surface area (Å²) < 4.78 is 16.3. The highest BCUT2D eigenvalue weighted by molar-refractivity contribution is 6.15. The summed E-state index contributed by atoms with van der Waals surface area (Å²) >= 11 is 0. The number of hydrogen-bond acceptors (Lipinski definition) is 2. The molecule has 0 spiro atoms. The van der Waals surface area contributed by atoms with Gasteiger partial charge in [0.15, 0.2) is 14.1 Å². The number of allylic oxidation sites excluding steroid dienone is 2. The summed E-state index contributed by atoms with van der Waals surface area (Å²) in [7, 11) is 8.40. The molecule has 0 amide bonds. The lowest BCUT2D eigenvalue weighted by Crippen LogP contribution is -2.46. The second kappa shape index (κ2) is 12.2. The van der Waals surface area contributed by atoms with Crippen LogP contribution in [0.1, 0.15) is 36.5 Å². The maximum absolute atomic E-state index is 14.3. The molecule has 0 bridgehead atoms. The molecule has 178 valence electrons. The molecule has 2 radical (unpaired) electrons. The summed E-state index contributed by atoms with van der Waals surface area (Å²) in [5.41, 5.74) is 3.78. The molecule has 0 saturated carbocycles. The Morgan fingerprint density at radius 3 is 2.38 bits per heavy atom. The van der Waals surface area contributed by atoms with Gasteiger partial charge in [-0.1, -0.05) is 56.3 Å². The summed E-state index contributed by atoms with van der Waals surface area (Å²) in [6, 6.07) is 14.3. The summed E-state index contributed by atoms with van der Waals surface area (Å²) in [5, 5.41) is 0. The Labute approximate surface area is 206 Å². The van der Waals surface area contributed by atoms with Crippen LogP contribution in [0, 0.1) is 12.7 Å². The second-order valence-corrected chi connectivity index (χ2v) is 9.37. The molecular weight excluding hydrogens is 420 g/mol. The fourth-order valence-corrected chi connectivity index (χ4v) is 4.41. The highest BCUT2D eigenvalue weighted by atomic mass is 19.1. The van der Waals surface area contributed by atoms with Crippen molar-refractivity contribution in [1.29, 1.82) is 0 Å². The van der Waals surface area contributed by atoms with Crippen molar-refractivity contribution in [1.82, 2.24) is 4.90 Å². The normalized spacial score (nSPS) is 17.2. The van der Waals surface area contributed by atoms with Crippen LogP contribution in [0.15, 0.2) is 67.3 Å². The van der Waals surface area contributed by atoms with Crippen molar-refractivity contribution in [3.8, 4) is 0 Å². The fraction of sp³-hybridized carbons (Fsp3) is 0.414. The van der Waals surface area contributed by atoms with Crippen LogP contribution >= 0.6 is 0 Å². The third kappa shape index (κ3) is 6.93. The van der Waals surface area contributed by atoms with Crippen LogP contribution in [-0.2, 0) is 13.0 Å². The Kier molecular flexibility index (Phi) is 9.29. The lowest BCUT2D eigenvalue weighted by atomic mass is 9.74. The number of halogens is 1. The van der Waals surface area contributed by atoms with Crippen LogP contribution in [0.2, 0.25) is 0 Å². The molecule has 5 heteroatoms. The Bertz CT molecular complexity index is 1010. The van der Waals surface area contributed by atoms with Gasteiger partial charge >= 0.3 is 0 Å². The highest BCUT2D eigenvalue weighted by Crippen LogP contribution is 2.22. The van der Waals surface area contributed by atoms with Gasteiger partial charge in [-0.25, -0.2) is 8.97 Å². The van der Waals surface area contributed by atoms with Gasteiger partial charge in [0.1, 0.15) is 18.3 Å². The summed E-state index contributed by atoms with van der Waals surface area (Å²) in [6.07, 6.45) is 10.8. The number of hydrogen-bond donors (Lipinski definition) is 0. The number of nitrogens with zero attached hydrogens (tertiary/aromatic N) is 3. The Morgan fingerprint density at radius 1 is 1.09 bits per heavy atom. The first-order valence-electron chi connectivity index (χ1n) is 12.3. The van der Waals surface area contributed by atoms with Crippen LogP contribution in [0.4, 0.5) is 10.1 Å². The summed E-state index contributed by atoms with van der Waals surface area (Å²) in [6.45, 7) is 12.4. The third-order valence-electron chi connectivity index (χ3n) is 6.71. The quantitative estimate of drug-likeness (QED) is 0.212. The van der Waals surface area contributed by atoms with E-state index in [1.165, 1.54) is 11.1 Å². The first-order chi connectivity index (χ1) is 16.3. The molecular formula is C29H38BFN3+. The van der Waals surface area contributed by atoms with E-state index < -0.39 is 5.44 Å². The molecule has 1 unspecified atom stereocenters. The van der Waals surface area contributed by atoms with Crippen LogP contribution in [0.3, 0.4) is 0 Å². The van der Waals surface area contributed by atoms with Gasteiger partial charge in [0, 0.05) is 39.1 Å². The zero-order chi connectivity index (χ0) is 24.6. The predicted molar refractivity (Wildman–Crippen MR) is 144 cm³/mol. The van der Waals surface area contributed by atoms with Crippen molar-refractivity contribution in [3.63, 3.8) is 0 Å². The van der Waals surface area contributed by atoms with Gasteiger partial charge in [-0.3, -0.25) is 4.90 Å². The largest absolute Gasteiger partial charge is 0.367 e. The molecule has 1 fully saturated rings. The molecule has 3 nitrogen and oxygen atoms in total. The number of aryl methyl sites for hydroxylation is 1. The van der Waals surface area contributed by atoms with Gasteiger partial charge in [-0.15, -0.1) is 0 Å². The van der Waals surface area contributed by atoms with Crippen molar-refractivity contribution < 1.29 is 8.97 Å². The lowest BCUT2D eigenvalue weighted by molar-refractivity contribution is -0.540. The van der Waals surface area contributed by atoms with E-state index in [-0.39, 0.29) is 5.82 Å². The molecule has 0 aromatic heterocycles. The Hall–Kier alpha value is -2.66. The molecule has 0 N–H and O–H groups in total. The number of rotatable bonds is 10. The predicted octanol–water partition coefficient (Wildman–Crippen LogP) is 5.12. The average molecular weight is 458 g/mol. The van der Waals surface area contributed by atoms with E-state index in [2.05, 4.69) is 59.7 Å². The highest BCUT2D eigenvalue weighted by Gasteiger charge is 2.27. The summed E-state index contributed by atoms with van der Waals surface area (Å²) in [5.74, 6) is -0.119. The van der Waals surface area contributed by atoms with Crippen LogP contribution in [-0.4, -0.2) is 62.2 Å². The molecule has 1 aliphatic rings.